The van der Waals surface area contributed by atoms with E-state index in [1.165, 1.54) is 6.92 Å². The molecular weight excluding hydrogens is 463 g/mol. The van der Waals surface area contributed by atoms with E-state index < -0.39 is 37.0 Å². The van der Waals surface area contributed by atoms with Gasteiger partial charge in [0.25, 0.3) is 0 Å². The van der Waals surface area contributed by atoms with E-state index in [2.05, 4.69) is 5.32 Å². The quantitative estimate of drug-likeness (QED) is 0.299. The third kappa shape index (κ3) is 7.62. The summed E-state index contributed by atoms with van der Waals surface area (Å²) in [6.07, 6.45) is -0.0606. The predicted molar refractivity (Wildman–Crippen MR) is 137 cm³/mol. The number of hydrogen-bond donors (Lipinski definition) is 4. The van der Waals surface area contributed by atoms with Crippen molar-refractivity contribution in [1.29, 1.82) is 0 Å². The number of rotatable bonds is 11. The highest BCUT2D eigenvalue weighted by Crippen LogP contribution is 2.46. The van der Waals surface area contributed by atoms with Crippen LogP contribution in [0.1, 0.15) is 18.1 Å². The average molecular weight is 495 g/mol. The van der Waals surface area contributed by atoms with Crippen molar-refractivity contribution in [3.63, 3.8) is 0 Å². The molecule has 0 aromatic heterocycles. The van der Waals surface area contributed by atoms with Crippen molar-refractivity contribution < 1.29 is 24.2 Å². The first-order valence-electron chi connectivity index (χ1n) is 11.4. The Bertz CT molecular complexity index is 1170. The Morgan fingerprint density at radius 2 is 1.37 bits per heavy atom. The second-order valence-electron chi connectivity index (χ2n) is 8.73. The Balaban J connectivity index is 1.79. The van der Waals surface area contributed by atoms with Crippen LogP contribution in [0.4, 0.5) is 0 Å². The predicted octanol–water partition coefficient (Wildman–Crippen LogP) is 3.90. The third-order valence-corrected chi connectivity index (χ3v) is 8.17. The minimum absolute atomic E-state index is 0.102. The Labute approximate surface area is 205 Å². The summed E-state index contributed by atoms with van der Waals surface area (Å²) in [4.78, 5) is 35.4. The monoisotopic (exact) mass is 494 g/mol. The number of amides is 1. The molecule has 0 bridgehead atoms. The van der Waals surface area contributed by atoms with Crippen LogP contribution in [0.25, 0.3) is 11.1 Å². The van der Waals surface area contributed by atoms with Crippen molar-refractivity contribution in [2.75, 3.05) is 6.16 Å². The first-order valence-corrected chi connectivity index (χ1v) is 13.4. The molecule has 0 radical (unpaired) electrons. The van der Waals surface area contributed by atoms with Gasteiger partial charge in [-0.3, -0.25) is 9.36 Å². The van der Waals surface area contributed by atoms with E-state index >= 15 is 0 Å². The standard InChI is InChI=1S/C27H31N2O5P/c1-19(28)35(33,34)18-24(16-21-12-14-23(15-13-21)22-10-6-3-7-11-22)26(30)29-25(27(31)32)17-20-8-4-2-5-9-20/h2-15,19,24-25H,16-18,28H2,1H3,(H,29,30)(H,31,32)(H,33,34)/t19?,24?,25-/m0/s1. The minimum atomic E-state index is -3.83. The normalized spacial score (nSPS) is 15.4. The first kappa shape index (κ1) is 26.4. The zero-order chi connectivity index (χ0) is 25.4. The number of nitrogens with two attached hydrogens (primary N) is 1. The Morgan fingerprint density at radius 1 is 0.857 bits per heavy atom. The lowest BCUT2D eigenvalue weighted by Crippen LogP contribution is -2.46. The number of nitrogens with one attached hydrogen (secondary N) is 1. The van der Waals surface area contributed by atoms with E-state index in [9.17, 15) is 24.2 Å². The molecular formula is C27H31N2O5P. The molecule has 1 amide bonds. The average Bonchev–Trinajstić information content (AvgIpc) is 2.84. The summed E-state index contributed by atoms with van der Waals surface area (Å²) in [6.45, 7) is 1.43. The van der Waals surface area contributed by atoms with Gasteiger partial charge in [0.05, 0.1) is 11.7 Å². The van der Waals surface area contributed by atoms with Crippen LogP contribution in [-0.4, -0.2) is 39.9 Å². The summed E-state index contributed by atoms with van der Waals surface area (Å²) in [6, 6.07) is 25.2. The van der Waals surface area contributed by atoms with Gasteiger partial charge in [-0.25, -0.2) is 4.79 Å². The maximum atomic E-state index is 13.2. The molecule has 5 N–H and O–H groups in total. The fourth-order valence-corrected chi connectivity index (χ4v) is 5.07. The van der Waals surface area contributed by atoms with Crippen LogP contribution in [0.3, 0.4) is 0 Å². The van der Waals surface area contributed by atoms with Gasteiger partial charge in [0.1, 0.15) is 6.04 Å². The first-order chi connectivity index (χ1) is 16.7. The summed E-state index contributed by atoms with van der Waals surface area (Å²) in [5, 5.41) is 12.2. The second kappa shape index (κ2) is 11.9. The van der Waals surface area contributed by atoms with Crippen LogP contribution in [0.5, 0.6) is 0 Å². The van der Waals surface area contributed by atoms with Gasteiger partial charge in [-0.05, 0) is 35.6 Å². The lowest BCUT2D eigenvalue weighted by Gasteiger charge is -2.24. The van der Waals surface area contributed by atoms with Gasteiger partial charge >= 0.3 is 5.97 Å². The molecule has 8 heteroatoms. The zero-order valence-electron chi connectivity index (χ0n) is 19.6. The number of carboxylic acids is 1. The molecule has 0 spiro atoms. The van der Waals surface area contributed by atoms with Crippen LogP contribution in [-0.2, 0) is 27.0 Å². The van der Waals surface area contributed by atoms with Gasteiger partial charge in [0, 0.05) is 12.6 Å². The summed E-state index contributed by atoms with van der Waals surface area (Å²) in [7, 11) is -3.83. The number of aliphatic carboxylic acids is 1. The SMILES string of the molecule is CC(N)P(=O)(O)CC(Cc1ccc(-c2ccccc2)cc1)C(=O)N[C@@H](Cc1ccccc1)C(=O)O. The van der Waals surface area contributed by atoms with E-state index in [1.807, 2.05) is 60.7 Å². The Morgan fingerprint density at radius 3 is 1.91 bits per heavy atom. The molecule has 0 aliphatic heterocycles. The van der Waals surface area contributed by atoms with Crippen molar-refractivity contribution in [3.05, 3.63) is 96.1 Å². The lowest BCUT2D eigenvalue weighted by atomic mass is 9.97. The van der Waals surface area contributed by atoms with Gasteiger partial charge in [-0.15, -0.1) is 0 Å². The Hall–Kier alpha value is -3.25. The number of carboxylic acid groups (broad SMARTS) is 1. The molecule has 0 aliphatic rings. The molecule has 3 unspecified atom stereocenters. The molecule has 0 heterocycles. The van der Waals surface area contributed by atoms with Crippen LogP contribution in [0, 0.1) is 5.92 Å². The molecule has 35 heavy (non-hydrogen) atoms. The lowest BCUT2D eigenvalue weighted by molar-refractivity contribution is -0.142. The van der Waals surface area contributed by atoms with Crippen molar-refractivity contribution >= 4 is 19.2 Å². The molecule has 3 aromatic rings. The van der Waals surface area contributed by atoms with Gasteiger partial charge in [0.15, 0.2) is 0 Å². The van der Waals surface area contributed by atoms with Gasteiger partial charge < -0.3 is 21.1 Å². The number of hydrogen-bond acceptors (Lipinski definition) is 4. The zero-order valence-corrected chi connectivity index (χ0v) is 20.5. The smallest absolute Gasteiger partial charge is 0.326 e. The van der Waals surface area contributed by atoms with Crippen LogP contribution >= 0.6 is 7.37 Å². The summed E-state index contributed by atoms with van der Waals surface area (Å²) >= 11 is 0. The largest absolute Gasteiger partial charge is 0.480 e. The van der Waals surface area contributed by atoms with Crippen LogP contribution < -0.4 is 11.1 Å². The number of carbonyl (C=O) groups is 2. The van der Waals surface area contributed by atoms with Gasteiger partial charge in [-0.2, -0.15) is 0 Å². The second-order valence-corrected chi connectivity index (χ2v) is 11.4. The van der Waals surface area contributed by atoms with Crippen molar-refractivity contribution in [2.24, 2.45) is 11.7 Å². The highest BCUT2D eigenvalue weighted by atomic mass is 31.2. The molecule has 0 saturated carbocycles. The van der Waals surface area contributed by atoms with E-state index in [4.69, 9.17) is 5.73 Å². The van der Waals surface area contributed by atoms with E-state index in [1.54, 1.807) is 24.3 Å². The van der Waals surface area contributed by atoms with Gasteiger partial charge in [0.2, 0.25) is 13.3 Å². The minimum Gasteiger partial charge on any atom is -0.480 e. The summed E-state index contributed by atoms with van der Waals surface area (Å²) < 4.78 is 12.7. The fourth-order valence-electron chi connectivity index (χ4n) is 3.81. The van der Waals surface area contributed by atoms with E-state index in [0.717, 1.165) is 22.3 Å². The third-order valence-electron chi connectivity index (χ3n) is 5.93. The van der Waals surface area contributed by atoms with Crippen LogP contribution in [0.2, 0.25) is 0 Å². The maximum Gasteiger partial charge on any atom is 0.326 e. The fraction of sp³-hybridized carbons (Fsp3) is 0.259. The molecule has 0 fully saturated rings. The number of carbonyl (C=O) groups excluding carboxylic acids is 1. The summed E-state index contributed by atoms with van der Waals surface area (Å²) in [5.74, 6) is -3.68. The number of benzene rings is 3. The highest BCUT2D eigenvalue weighted by Gasteiger charge is 2.34. The molecule has 4 atom stereocenters. The maximum absolute atomic E-state index is 13.2. The molecule has 184 valence electrons. The molecule has 3 aromatic carbocycles. The molecule has 0 saturated heterocycles. The van der Waals surface area contributed by atoms with Crippen molar-refractivity contribution in [1.82, 2.24) is 5.32 Å². The van der Waals surface area contributed by atoms with Crippen molar-refractivity contribution in [2.45, 2.75) is 31.6 Å². The molecule has 3 rings (SSSR count). The van der Waals surface area contributed by atoms with Crippen LogP contribution in [0.15, 0.2) is 84.9 Å². The van der Waals surface area contributed by atoms with E-state index in [-0.39, 0.29) is 19.0 Å². The van der Waals surface area contributed by atoms with Gasteiger partial charge in [-0.1, -0.05) is 84.9 Å². The van der Waals surface area contributed by atoms with Crippen molar-refractivity contribution in [3.8, 4) is 11.1 Å². The summed E-state index contributed by atoms with van der Waals surface area (Å²) in [5.41, 5.74) is 9.32. The van der Waals surface area contributed by atoms with E-state index in [0.29, 0.717) is 0 Å². The molecule has 0 aliphatic carbocycles. The Kier molecular flexibility index (Phi) is 8.99. The highest BCUT2D eigenvalue weighted by molar-refractivity contribution is 7.58. The molecule has 7 nitrogen and oxygen atoms in total. The topological polar surface area (TPSA) is 130 Å².